The van der Waals surface area contributed by atoms with Crippen molar-refractivity contribution in [3.63, 3.8) is 0 Å². The molecule has 1 saturated heterocycles. The zero-order valence-electron chi connectivity index (χ0n) is 6.71. The molecule has 0 spiro atoms. The number of hydrogen-bond donors (Lipinski definition) is 3. The minimum atomic E-state index is -2.79. The fourth-order valence-corrected chi connectivity index (χ4v) is 1.46. The summed E-state index contributed by atoms with van der Waals surface area (Å²) >= 11 is 0. The van der Waals surface area contributed by atoms with E-state index in [0.29, 0.717) is 6.54 Å². The van der Waals surface area contributed by atoms with Crippen molar-refractivity contribution in [3.05, 3.63) is 0 Å². The molecular weight excluding hydrogens is 199 g/mol. The van der Waals surface area contributed by atoms with Gasteiger partial charge in [-0.2, -0.15) is 0 Å². The summed E-state index contributed by atoms with van der Waals surface area (Å²) in [6.07, 6.45) is 0. The number of carboxylic acids is 1. The van der Waals surface area contributed by atoms with Crippen molar-refractivity contribution >= 4 is 14.2 Å². The zero-order chi connectivity index (χ0) is 9.84. The van der Waals surface area contributed by atoms with Crippen molar-refractivity contribution < 1.29 is 24.0 Å². The Balaban J connectivity index is 2.56. The van der Waals surface area contributed by atoms with Crippen LogP contribution in [0.5, 0.6) is 0 Å². The molecule has 0 amide bonds. The fraction of sp³-hybridized carbons (Fsp3) is 0.800. The molecule has 0 aromatic carbocycles. The summed E-state index contributed by atoms with van der Waals surface area (Å²) in [5, 5.41) is 12.5. The van der Waals surface area contributed by atoms with Gasteiger partial charge in [0.05, 0.1) is 0 Å². The number of hydrogen-bond acceptors (Lipinski definition) is 5. The second kappa shape index (κ2) is 4.59. The van der Waals surface area contributed by atoms with Crippen LogP contribution in [-0.2, 0) is 14.0 Å². The van der Waals surface area contributed by atoms with E-state index < -0.39 is 20.3 Å². The lowest BCUT2D eigenvalue weighted by Crippen LogP contribution is -2.53. The highest BCUT2D eigenvalue weighted by atomic mass is 31.1. The molecular formula is C5H10N2O5P+. The smallest absolute Gasteiger partial charge is 0.480 e. The van der Waals surface area contributed by atoms with Crippen LogP contribution in [0.15, 0.2) is 0 Å². The lowest BCUT2D eigenvalue weighted by molar-refractivity contribution is -0.163. The lowest BCUT2D eigenvalue weighted by Gasteiger charge is -2.26. The maximum atomic E-state index is 10.6. The highest BCUT2D eigenvalue weighted by Crippen LogP contribution is 2.20. The van der Waals surface area contributed by atoms with Gasteiger partial charge in [0.25, 0.3) is 0 Å². The largest absolute Gasteiger partial charge is 0.713 e. The standard InChI is InChI=1S/C5H9N2O5P/c8-5(9)4-3-6-1-2-7(4)12-13(10)11/h4,6H,1-3H2,(H-,8,9,10,11)/p+1. The molecule has 1 heterocycles. The first-order chi connectivity index (χ1) is 6.11. The van der Waals surface area contributed by atoms with E-state index in [4.69, 9.17) is 10.00 Å². The Kier molecular flexibility index (Phi) is 3.71. The van der Waals surface area contributed by atoms with Crippen molar-refractivity contribution in [1.82, 2.24) is 10.4 Å². The van der Waals surface area contributed by atoms with E-state index in [-0.39, 0.29) is 13.1 Å². The summed E-state index contributed by atoms with van der Waals surface area (Å²) in [6.45, 7) is 1.02. The first-order valence-electron chi connectivity index (χ1n) is 3.65. The Hall–Kier alpha value is -0.590. The van der Waals surface area contributed by atoms with Crippen LogP contribution in [0.2, 0.25) is 0 Å². The number of piperazine rings is 1. The first-order valence-corrected chi connectivity index (χ1v) is 4.78. The molecule has 0 saturated carbocycles. The molecule has 8 heteroatoms. The maximum Gasteiger partial charge on any atom is 0.713 e. The SMILES string of the molecule is O=C(O)C1CNCCN1O[P+](=O)O. The van der Waals surface area contributed by atoms with E-state index in [0.717, 1.165) is 5.06 Å². The van der Waals surface area contributed by atoms with E-state index >= 15 is 0 Å². The monoisotopic (exact) mass is 209 g/mol. The van der Waals surface area contributed by atoms with Crippen molar-refractivity contribution in [2.45, 2.75) is 6.04 Å². The molecule has 2 atom stereocenters. The molecule has 0 aliphatic carbocycles. The average Bonchev–Trinajstić information content (AvgIpc) is 2.03. The van der Waals surface area contributed by atoms with Crippen LogP contribution < -0.4 is 5.32 Å². The second-order valence-corrected chi connectivity index (χ2v) is 3.16. The third-order valence-electron chi connectivity index (χ3n) is 1.65. The topological polar surface area (TPSA) is 99.1 Å². The van der Waals surface area contributed by atoms with Gasteiger partial charge in [0, 0.05) is 24.2 Å². The summed E-state index contributed by atoms with van der Waals surface area (Å²) in [5.74, 6) is -1.08. The molecule has 13 heavy (non-hydrogen) atoms. The number of nitrogens with one attached hydrogen (secondary N) is 1. The number of hydroxylamine groups is 2. The van der Waals surface area contributed by atoms with Crippen molar-refractivity contribution in [2.24, 2.45) is 0 Å². The summed E-state index contributed by atoms with van der Waals surface area (Å²) in [7, 11) is -2.79. The molecule has 2 unspecified atom stereocenters. The predicted molar refractivity (Wildman–Crippen MR) is 41.9 cm³/mol. The van der Waals surface area contributed by atoms with Gasteiger partial charge in [0.1, 0.15) is 6.04 Å². The number of nitrogens with zero attached hydrogens (tertiary/aromatic N) is 1. The minimum Gasteiger partial charge on any atom is -0.480 e. The number of aliphatic carboxylic acids is 1. The third-order valence-corrected chi connectivity index (χ3v) is 2.00. The molecule has 0 bridgehead atoms. The van der Waals surface area contributed by atoms with Crippen LogP contribution >= 0.6 is 8.25 Å². The molecule has 0 radical (unpaired) electrons. The molecule has 1 rings (SSSR count). The number of rotatable bonds is 3. The second-order valence-electron chi connectivity index (χ2n) is 2.52. The lowest BCUT2D eigenvalue weighted by atomic mass is 10.2. The Morgan fingerprint density at radius 3 is 2.92 bits per heavy atom. The van der Waals surface area contributed by atoms with Gasteiger partial charge in [-0.05, 0) is 4.62 Å². The Morgan fingerprint density at radius 2 is 2.38 bits per heavy atom. The Labute approximate surface area is 75.2 Å². The third kappa shape index (κ3) is 2.98. The molecule has 1 aliphatic heterocycles. The molecule has 0 aromatic rings. The molecule has 1 fully saturated rings. The van der Waals surface area contributed by atoms with Gasteiger partial charge in [-0.15, -0.1) is 9.96 Å². The van der Waals surface area contributed by atoms with Crippen LogP contribution in [0.25, 0.3) is 0 Å². The summed E-state index contributed by atoms with van der Waals surface area (Å²) < 4.78 is 14.7. The molecule has 7 nitrogen and oxygen atoms in total. The zero-order valence-corrected chi connectivity index (χ0v) is 7.61. The quantitative estimate of drug-likeness (QED) is 0.508. The van der Waals surface area contributed by atoms with E-state index in [2.05, 4.69) is 9.94 Å². The summed E-state index contributed by atoms with van der Waals surface area (Å²) in [6, 6.07) is -0.903. The highest BCUT2D eigenvalue weighted by Gasteiger charge is 2.35. The van der Waals surface area contributed by atoms with Crippen molar-refractivity contribution in [1.29, 1.82) is 0 Å². The van der Waals surface area contributed by atoms with Crippen LogP contribution in [0.1, 0.15) is 0 Å². The van der Waals surface area contributed by atoms with E-state index in [9.17, 15) is 9.36 Å². The van der Waals surface area contributed by atoms with Crippen LogP contribution in [0.3, 0.4) is 0 Å². The number of carboxylic acid groups (broad SMARTS) is 1. The van der Waals surface area contributed by atoms with E-state index in [1.54, 1.807) is 0 Å². The van der Waals surface area contributed by atoms with Crippen molar-refractivity contribution in [2.75, 3.05) is 19.6 Å². The van der Waals surface area contributed by atoms with Crippen LogP contribution in [-0.4, -0.2) is 46.7 Å². The molecule has 1 aliphatic rings. The number of carbonyl (C=O) groups is 1. The van der Waals surface area contributed by atoms with Crippen LogP contribution in [0, 0.1) is 0 Å². The first kappa shape index (κ1) is 10.5. The van der Waals surface area contributed by atoms with Gasteiger partial charge >= 0.3 is 14.2 Å². The van der Waals surface area contributed by atoms with Gasteiger partial charge in [0.2, 0.25) is 0 Å². The summed E-state index contributed by atoms with van der Waals surface area (Å²) in [5.41, 5.74) is 0. The molecule has 74 valence electrons. The van der Waals surface area contributed by atoms with Gasteiger partial charge in [0.15, 0.2) is 0 Å². The predicted octanol–water partition coefficient (Wildman–Crippen LogP) is -1.07. The fourth-order valence-electron chi connectivity index (χ4n) is 1.08. The molecule has 3 N–H and O–H groups in total. The van der Waals surface area contributed by atoms with E-state index in [1.807, 2.05) is 0 Å². The normalized spacial score (nSPS) is 25.6. The Morgan fingerprint density at radius 1 is 1.69 bits per heavy atom. The van der Waals surface area contributed by atoms with Crippen LogP contribution in [0.4, 0.5) is 0 Å². The van der Waals surface area contributed by atoms with Gasteiger partial charge in [-0.1, -0.05) is 0 Å². The minimum absolute atomic E-state index is 0.207. The van der Waals surface area contributed by atoms with Gasteiger partial charge in [-0.3, -0.25) is 4.79 Å². The van der Waals surface area contributed by atoms with Gasteiger partial charge < -0.3 is 10.4 Å². The van der Waals surface area contributed by atoms with Gasteiger partial charge in [-0.25, -0.2) is 0 Å². The van der Waals surface area contributed by atoms with Crippen molar-refractivity contribution in [3.8, 4) is 0 Å². The average molecular weight is 209 g/mol. The Bertz CT molecular complexity index is 223. The van der Waals surface area contributed by atoms with E-state index in [1.165, 1.54) is 0 Å². The maximum absolute atomic E-state index is 10.6. The highest BCUT2D eigenvalue weighted by molar-refractivity contribution is 7.32. The summed E-state index contributed by atoms with van der Waals surface area (Å²) in [4.78, 5) is 19.0. The molecule has 0 aromatic heterocycles.